The van der Waals surface area contributed by atoms with Crippen LogP contribution in [0.3, 0.4) is 0 Å². The van der Waals surface area contributed by atoms with Gasteiger partial charge in [-0.05, 0) is 30.7 Å². The summed E-state index contributed by atoms with van der Waals surface area (Å²) in [4.78, 5) is 14.1. The number of morpholine rings is 1. The summed E-state index contributed by atoms with van der Waals surface area (Å²) in [7, 11) is 0. The number of carbonyl (C=O) groups excluding carboxylic acids is 1. The zero-order valence-corrected chi connectivity index (χ0v) is 11.6. The highest BCUT2D eigenvalue weighted by atomic mass is 16.5. The lowest BCUT2D eigenvalue weighted by molar-refractivity contribution is -0.119. The molecular weight excluding hydrogens is 254 g/mol. The Morgan fingerprint density at radius 1 is 1.50 bits per heavy atom. The quantitative estimate of drug-likeness (QED) is 0.905. The highest BCUT2D eigenvalue weighted by molar-refractivity contribution is 5.92. The van der Waals surface area contributed by atoms with E-state index in [0.29, 0.717) is 24.4 Å². The highest BCUT2D eigenvalue weighted by Gasteiger charge is 2.20. The Balaban J connectivity index is 1.84. The van der Waals surface area contributed by atoms with Gasteiger partial charge in [0.05, 0.1) is 30.9 Å². The first-order valence-corrected chi connectivity index (χ1v) is 6.85. The molecule has 20 heavy (non-hydrogen) atoms. The van der Waals surface area contributed by atoms with E-state index in [1.165, 1.54) is 0 Å². The Kier molecular flexibility index (Phi) is 5.10. The average molecular weight is 273 g/mol. The van der Waals surface area contributed by atoms with Crippen molar-refractivity contribution in [1.29, 1.82) is 5.26 Å². The summed E-state index contributed by atoms with van der Waals surface area (Å²) in [6.45, 7) is 4.74. The molecule has 2 rings (SSSR count). The number of nitrogens with zero attached hydrogens (tertiary/aromatic N) is 2. The number of hydrogen-bond donors (Lipinski definition) is 1. The summed E-state index contributed by atoms with van der Waals surface area (Å²) in [6.07, 6.45) is 1.19. The Morgan fingerprint density at radius 2 is 2.25 bits per heavy atom. The van der Waals surface area contributed by atoms with Crippen molar-refractivity contribution >= 4 is 11.6 Å². The van der Waals surface area contributed by atoms with Crippen molar-refractivity contribution in [2.45, 2.75) is 19.4 Å². The molecule has 1 fully saturated rings. The van der Waals surface area contributed by atoms with Gasteiger partial charge in [-0.3, -0.25) is 9.69 Å². The van der Waals surface area contributed by atoms with Gasteiger partial charge in [0.15, 0.2) is 0 Å². The van der Waals surface area contributed by atoms with Crippen molar-refractivity contribution in [3.05, 3.63) is 29.8 Å². The molecule has 0 radical (unpaired) electrons. The molecule has 1 aromatic carbocycles. The molecule has 0 aromatic heterocycles. The number of nitriles is 1. The van der Waals surface area contributed by atoms with Gasteiger partial charge in [0.1, 0.15) is 0 Å². The first-order chi connectivity index (χ1) is 9.71. The largest absolute Gasteiger partial charge is 0.376 e. The third kappa shape index (κ3) is 4.05. The van der Waals surface area contributed by atoms with Gasteiger partial charge in [0, 0.05) is 18.8 Å². The maximum atomic E-state index is 12.0. The molecule has 1 atom stereocenters. The van der Waals surface area contributed by atoms with Crippen LogP contribution >= 0.6 is 0 Å². The number of amides is 1. The minimum absolute atomic E-state index is 0.0357. The number of anilines is 1. The topological polar surface area (TPSA) is 65.4 Å². The van der Waals surface area contributed by atoms with Crippen molar-refractivity contribution in [2.75, 3.05) is 31.6 Å². The van der Waals surface area contributed by atoms with Crippen LogP contribution in [0.15, 0.2) is 24.3 Å². The molecule has 5 nitrogen and oxygen atoms in total. The lowest BCUT2D eigenvalue weighted by Gasteiger charge is -2.31. The van der Waals surface area contributed by atoms with Crippen LogP contribution in [0, 0.1) is 11.3 Å². The van der Waals surface area contributed by atoms with Gasteiger partial charge in [-0.2, -0.15) is 5.26 Å². The molecule has 0 bridgehead atoms. The fraction of sp³-hybridized carbons (Fsp3) is 0.467. The summed E-state index contributed by atoms with van der Waals surface area (Å²) in [6, 6.07) is 8.91. The summed E-state index contributed by atoms with van der Waals surface area (Å²) < 4.78 is 5.58. The van der Waals surface area contributed by atoms with Crippen molar-refractivity contribution < 1.29 is 9.53 Å². The number of hydrogen-bond acceptors (Lipinski definition) is 4. The Bertz CT molecular complexity index is 493. The maximum absolute atomic E-state index is 12.0. The van der Waals surface area contributed by atoms with Crippen molar-refractivity contribution in [3.8, 4) is 6.07 Å². The van der Waals surface area contributed by atoms with E-state index >= 15 is 0 Å². The Hall–Kier alpha value is -1.90. The summed E-state index contributed by atoms with van der Waals surface area (Å²) in [5.41, 5.74) is 1.30. The predicted molar refractivity (Wildman–Crippen MR) is 76.3 cm³/mol. The molecule has 0 aliphatic carbocycles. The standard InChI is InChI=1S/C15H19N3O2/c1-2-14-10-18(7-8-20-14)11-15(19)17-13-5-3-12(9-16)4-6-13/h3-6,14H,2,7-8,10-11H2,1H3,(H,17,19). The van der Waals surface area contributed by atoms with E-state index in [-0.39, 0.29) is 12.0 Å². The number of benzene rings is 1. The van der Waals surface area contributed by atoms with E-state index in [1.54, 1.807) is 24.3 Å². The molecule has 1 heterocycles. The molecular formula is C15H19N3O2. The number of rotatable bonds is 4. The first-order valence-electron chi connectivity index (χ1n) is 6.85. The van der Waals surface area contributed by atoms with Gasteiger partial charge in [-0.25, -0.2) is 0 Å². The second-order valence-corrected chi connectivity index (χ2v) is 4.87. The minimum atomic E-state index is -0.0357. The molecule has 5 heteroatoms. The Labute approximate surface area is 119 Å². The predicted octanol–water partition coefficient (Wildman–Crippen LogP) is 1.61. The number of nitrogens with one attached hydrogen (secondary N) is 1. The third-order valence-corrected chi connectivity index (χ3v) is 3.34. The van der Waals surface area contributed by atoms with Gasteiger partial charge in [-0.1, -0.05) is 6.92 Å². The molecule has 0 saturated carbocycles. The molecule has 1 aliphatic heterocycles. The average Bonchev–Trinajstić information content (AvgIpc) is 2.48. The fourth-order valence-electron chi connectivity index (χ4n) is 2.20. The third-order valence-electron chi connectivity index (χ3n) is 3.34. The molecule has 1 saturated heterocycles. The fourth-order valence-corrected chi connectivity index (χ4v) is 2.20. The first kappa shape index (κ1) is 14.5. The van der Waals surface area contributed by atoms with E-state index in [4.69, 9.17) is 10.00 Å². The second kappa shape index (κ2) is 7.04. The molecule has 1 aromatic rings. The van der Waals surface area contributed by atoms with Crippen LogP contribution in [0.5, 0.6) is 0 Å². The summed E-state index contributed by atoms with van der Waals surface area (Å²) in [5.74, 6) is -0.0357. The number of ether oxygens (including phenoxy) is 1. The van der Waals surface area contributed by atoms with Gasteiger partial charge in [-0.15, -0.1) is 0 Å². The van der Waals surface area contributed by atoms with Gasteiger partial charge in [0.2, 0.25) is 5.91 Å². The van der Waals surface area contributed by atoms with E-state index in [9.17, 15) is 4.79 Å². The summed E-state index contributed by atoms with van der Waals surface area (Å²) in [5, 5.41) is 11.6. The van der Waals surface area contributed by atoms with Crippen molar-refractivity contribution in [2.24, 2.45) is 0 Å². The van der Waals surface area contributed by atoms with Crippen LogP contribution in [0.1, 0.15) is 18.9 Å². The van der Waals surface area contributed by atoms with Crippen LogP contribution in [-0.2, 0) is 9.53 Å². The lowest BCUT2D eigenvalue weighted by atomic mass is 10.2. The SMILES string of the molecule is CCC1CN(CC(=O)Nc2ccc(C#N)cc2)CCO1. The zero-order valence-electron chi connectivity index (χ0n) is 11.6. The number of carbonyl (C=O) groups is 1. The molecule has 1 N–H and O–H groups in total. The van der Waals surface area contributed by atoms with E-state index in [0.717, 1.165) is 19.5 Å². The zero-order chi connectivity index (χ0) is 14.4. The molecule has 1 amide bonds. The van der Waals surface area contributed by atoms with Gasteiger partial charge < -0.3 is 10.1 Å². The molecule has 106 valence electrons. The summed E-state index contributed by atoms with van der Waals surface area (Å²) >= 11 is 0. The monoisotopic (exact) mass is 273 g/mol. The van der Waals surface area contributed by atoms with E-state index < -0.39 is 0 Å². The van der Waals surface area contributed by atoms with E-state index in [2.05, 4.69) is 17.1 Å². The van der Waals surface area contributed by atoms with Gasteiger partial charge >= 0.3 is 0 Å². The van der Waals surface area contributed by atoms with E-state index in [1.807, 2.05) is 6.07 Å². The highest BCUT2D eigenvalue weighted by Crippen LogP contribution is 2.10. The second-order valence-electron chi connectivity index (χ2n) is 4.87. The van der Waals surface area contributed by atoms with Gasteiger partial charge in [0.25, 0.3) is 0 Å². The normalized spacial score (nSPS) is 19.3. The van der Waals surface area contributed by atoms with Crippen molar-refractivity contribution in [3.63, 3.8) is 0 Å². The van der Waals surface area contributed by atoms with Crippen LogP contribution in [0.2, 0.25) is 0 Å². The smallest absolute Gasteiger partial charge is 0.238 e. The molecule has 1 unspecified atom stereocenters. The van der Waals surface area contributed by atoms with Crippen molar-refractivity contribution in [1.82, 2.24) is 4.90 Å². The van der Waals surface area contributed by atoms with Crippen LogP contribution in [-0.4, -0.2) is 43.2 Å². The lowest BCUT2D eigenvalue weighted by Crippen LogP contribution is -2.45. The van der Waals surface area contributed by atoms with Crippen LogP contribution in [0.25, 0.3) is 0 Å². The molecule has 1 aliphatic rings. The minimum Gasteiger partial charge on any atom is -0.376 e. The van der Waals surface area contributed by atoms with Crippen LogP contribution < -0.4 is 5.32 Å². The Morgan fingerprint density at radius 3 is 2.90 bits per heavy atom. The van der Waals surface area contributed by atoms with Crippen LogP contribution in [0.4, 0.5) is 5.69 Å². The maximum Gasteiger partial charge on any atom is 0.238 e. The molecule has 0 spiro atoms.